The van der Waals surface area contributed by atoms with E-state index in [4.69, 9.17) is 4.74 Å². The minimum Gasteiger partial charge on any atom is -0.496 e. The van der Waals surface area contributed by atoms with Gasteiger partial charge in [0, 0.05) is 11.3 Å². The van der Waals surface area contributed by atoms with Gasteiger partial charge in [-0.15, -0.1) is 0 Å². The molecule has 0 amide bonds. The lowest BCUT2D eigenvalue weighted by Gasteiger charge is -2.23. The number of ether oxygens (including phenoxy) is 1. The highest BCUT2D eigenvalue weighted by Gasteiger charge is 2.33. The molecular formula is C19H14N4O. The van der Waals surface area contributed by atoms with Gasteiger partial charge in [-0.05, 0) is 42.5 Å². The minimum absolute atomic E-state index is 0.0924. The molecule has 1 N–H and O–H groups in total. The van der Waals surface area contributed by atoms with E-state index in [1.54, 1.807) is 7.11 Å². The number of nitriles is 3. The summed E-state index contributed by atoms with van der Waals surface area (Å²) < 4.78 is 5.40. The first kappa shape index (κ1) is 15.4. The van der Waals surface area contributed by atoms with Crippen LogP contribution in [0.15, 0.2) is 52.8 Å². The van der Waals surface area contributed by atoms with Crippen LogP contribution in [0.4, 0.5) is 0 Å². The van der Waals surface area contributed by atoms with Crippen molar-refractivity contribution in [3.8, 4) is 24.0 Å². The SMILES string of the molecule is COc1ccccc1C1=CC(C2CC2)=C(C#N)C(=C(C#N)C#N)N1. The Bertz CT molecular complexity index is 896. The molecule has 0 unspecified atom stereocenters. The molecule has 1 aromatic rings. The number of hydrogen-bond acceptors (Lipinski definition) is 5. The molecule has 1 fully saturated rings. The van der Waals surface area contributed by atoms with Gasteiger partial charge in [0.1, 0.15) is 24.0 Å². The average molecular weight is 314 g/mol. The van der Waals surface area contributed by atoms with E-state index in [0.29, 0.717) is 17.2 Å². The number of nitrogens with one attached hydrogen (secondary N) is 1. The van der Waals surface area contributed by atoms with Crippen LogP contribution in [0, 0.1) is 39.9 Å². The van der Waals surface area contributed by atoms with Crippen molar-refractivity contribution >= 4 is 5.70 Å². The van der Waals surface area contributed by atoms with Gasteiger partial charge < -0.3 is 10.1 Å². The van der Waals surface area contributed by atoms with E-state index in [1.807, 2.05) is 42.5 Å². The highest BCUT2D eigenvalue weighted by Crippen LogP contribution is 2.43. The van der Waals surface area contributed by atoms with Gasteiger partial charge >= 0.3 is 0 Å². The summed E-state index contributed by atoms with van der Waals surface area (Å²) in [5.41, 5.74) is 3.01. The van der Waals surface area contributed by atoms with E-state index in [9.17, 15) is 15.8 Å². The van der Waals surface area contributed by atoms with E-state index in [0.717, 1.165) is 29.7 Å². The first-order chi connectivity index (χ1) is 11.7. The zero-order chi connectivity index (χ0) is 17.1. The van der Waals surface area contributed by atoms with Crippen LogP contribution in [-0.2, 0) is 0 Å². The molecule has 1 saturated carbocycles. The van der Waals surface area contributed by atoms with Gasteiger partial charge in [-0.1, -0.05) is 12.1 Å². The standard InChI is InChI=1S/C19H14N4O/c1-24-18-5-3-2-4-14(18)17-8-15(12-6-7-12)16(11-22)19(23-17)13(9-20)10-21/h2-5,8,12,23H,6-7H2,1H3. The van der Waals surface area contributed by atoms with Crippen molar-refractivity contribution in [2.45, 2.75) is 12.8 Å². The molecule has 0 radical (unpaired) electrons. The Hall–Kier alpha value is -3.49. The Kier molecular flexibility index (Phi) is 4.06. The van der Waals surface area contributed by atoms with Crippen molar-refractivity contribution in [1.29, 1.82) is 15.8 Å². The number of nitrogens with zero attached hydrogens (tertiary/aromatic N) is 3. The van der Waals surface area contributed by atoms with Gasteiger partial charge in [-0.25, -0.2) is 0 Å². The Morgan fingerprint density at radius 1 is 1.17 bits per heavy atom. The van der Waals surface area contributed by atoms with Crippen LogP contribution in [0.5, 0.6) is 5.75 Å². The molecule has 0 spiro atoms. The first-order valence-electron chi connectivity index (χ1n) is 7.54. The summed E-state index contributed by atoms with van der Waals surface area (Å²) in [6.07, 6.45) is 3.96. The zero-order valence-electron chi connectivity index (χ0n) is 13.1. The lowest BCUT2D eigenvalue weighted by atomic mass is 9.93. The molecule has 1 aromatic carbocycles. The number of hydrogen-bond donors (Lipinski definition) is 1. The maximum Gasteiger partial charge on any atom is 0.154 e. The number of para-hydroxylation sites is 1. The van der Waals surface area contributed by atoms with Crippen LogP contribution < -0.4 is 10.1 Å². The van der Waals surface area contributed by atoms with Crippen molar-refractivity contribution in [3.05, 3.63) is 58.3 Å². The minimum atomic E-state index is -0.0924. The first-order valence-corrected chi connectivity index (χ1v) is 7.54. The van der Waals surface area contributed by atoms with Crippen molar-refractivity contribution in [3.63, 3.8) is 0 Å². The van der Waals surface area contributed by atoms with Gasteiger partial charge in [0.2, 0.25) is 0 Å². The molecule has 5 nitrogen and oxygen atoms in total. The lowest BCUT2D eigenvalue weighted by Crippen LogP contribution is -2.21. The third kappa shape index (κ3) is 2.62. The molecule has 0 saturated heterocycles. The monoisotopic (exact) mass is 314 g/mol. The van der Waals surface area contributed by atoms with Gasteiger partial charge in [0.15, 0.2) is 5.57 Å². The second-order valence-electron chi connectivity index (χ2n) is 5.57. The van der Waals surface area contributed by atoms with Crippen LogP contribution in [0.25, 0.3) is 5.70 Å². The largest absolute Gasteiger partial charge is 0.496 e. The van der Waals surface area contributed by atoms with E-state index < -0.39 is 0 Å². The Labute approximate surface area is 140 Å². The lowest BCUT2D eigenvalue weighted by molar-refractivity contribution is 0.413. The maximum absolute atomic E-state index is 9.55. The van der Waals surface area contributed by atoms with Crippen LogP contribution in [0.3, 0.4) is 0 Å². The molecule has 0 aromatic heterocycles. The summed E-state index contributed by atoms with van der Waals surface area (Å²) in [6, 6.07) is 13.4. The van der Waals surface area contributed by atoms with Gasteiger partial charge in [-0.3, -0.25) is 0 Å². The van der Waals surface area contributed by atoms with Crippen molar-refractivity contribution in [2.24, 2.45) is 5.92 Å². The second-order valence-corrected chi connectivity index (χ2v) is 5.57. The van der Waals surface area contributed by atoms with Crippen molar-refractivity contribution in [1.82, 2.24) is 5.32 Å². The van der Waals surface area contributed by atoms with Crippen LogP contribution in [0.1, 0.15) is 18.4 Å². The highest BCUT2D eigenvalue weighted by molar-refractivity contribution is 5.78. The smallest absolute Gasteiger partial charge is 0.154 e. The molecule has 2 aliphatic rings. The molecule has 1 heterocycles. The Morgan fingerprint density at radius 3 is 2.46 bits per heavy atom. The summed E-state index contributed by atoms with van der Waals surface area (Å²) in [6.45, 7) is 0. The van der Waals surface area contributed by atoms with Crippen molar-refractivity contribution < 1.29 is 4.74 Å². The summed E-state index contributed by atoms with van der Waals surface area (Å²) in [4.78, 5) is 0. The van der Waals surface area contributed by atoms with Gasteiger partial charge in [0.25, 0.3) is 0 Å². The predicted molar refractivity (Wildman–Crippen MR) is 87.7 cm³/mol. The fourth-order valence-corrected chi connectivity index (χ4v) is 2.78. The fraction of sp³-hybridized carbons (Fsp3) is 0.211. The van der Waals surface area contributed by atoms with Crippen LogP contribution in [0.2, 0.25) is 0 Å². The van der Waals surface area contributed by atoms with Crippen molar-refractivity contribution in [2.75, 3.05) is 7.11 Å². The molecule has 0 atom stereocenters. The topological polar surface area (TPSA) is 92.6 Å². The molecular weight excluding hydrogens is 300 g/mol. The summed E-state index contributed by atoms with van der Waals surface area (Å²) >= 11 is 0. The predicted octanol–water partition coefficient (Wildman–Crippen LogP) is 3.17. The van der Waals surface area contributed by atoms with Gasteiger partial charge in [-0.2, -0.15) is 15.8 Å². The number of dihydropyridines is 1. The quantitative estimate of drug-likeness (QED) is 0.865. The maximum atomic E-state index is 9.55. The number of allylic oxidation sites excluding steroid dienone is 4. The summed E-state index contributed by atoms with van der Waals surface area (Å²) in [5, 5.41) is 31.1. The van der Waals surface area contributed by atoms with Crippen LogP contribution in [-0.4, -0.2) is 7.11 Å². The molecule has 0 bridgehead atoms. The number of methoxy groups -OCH3 is 1. The molecule has 5 heteroatoms. The van der Waals surface area contributed by atoms with E-state index in [1.165, 1.54) is 0 Å². The summed E-state index contributed by atoms with van der Waals surface area (Å²) in [7, 11) is 1.59. The zero-order valence-corrected chi connectivity index (χ0v) is 13.1. The van der Waals surface area contributed by atoms with E-state index in [2.05, 4.69) is 11.4 Å². The Balaban J connectivity index is 2.22. The average Bonchev–Trinajstić information content (AvgIpc) is 3.47. The molecule has 1 aliphatic heterocycles. The van der Waals surface area contributed by atoms with E-state index in [-0.39, 0.29) is 11.3 Å². The van der Waals surface area contributed by atoms with Crippen LogP contribution >= 0.6 is 0 Å². The molecule has 1 aliphatic carbocycles. The third-order valence-corrected chi connectivity index (χ3v) is 4.10. The Morgan fingerprint density at radius 2 is 1.88 bits per heavy atom. The highest BCUT2D eigenvalue weighted by atomic mass is 16.5. The fourth-order valence-electron chi connectivity index (χ4n) is 2.78. The normalized spacial score (nSPS) is 16.2. The number of rotatable bonds is 3. The molecule has 116 valence electrons. The van der Waals surface area contributed by atoms with E-state index >= 15 is 0 Å². The van der Waals surface area contributed by atoms with Gasteiger partial charge in [0.05, 0.1) is 18.4 Å². The summed E-state index contributed by atoms with van der Waals surface area (Å²) in [5.74, 6) is 0.988. The molecule has 24 heavy (non-hydrogen) atoms. The second kappa shape index (κ2) is 6.32. The third-order valence-electron chi connectivity index (χ3n) is 4.10. The molecule has 3 rings (SSSR count). The number of benzene rings is 1.